The first kappa shape index (κ1) is 7.95. The molecule has 1 aromatic carbocycles. The molecule has 1 unspecified atom stereocenters. The van der Waals surface area contributed by atoms with Gasteiger partial charge in [-0.3, -0.25) is 4.79 Å². The van der Waals surface area contributed by atoms with E-state index in [1.165, 1.54) is 0 Å². The summed E-state index contributed by atoms with van der Waals surface area (Å²) in [5.74, 6) is 0. The molecule has 0 aromatic heterocycles. The van der Waals surface area contributed by atoms with Gasteiger partial charge in [-0.2, -0.15) is 0 Å². The Balaban J connectivity index is 2.82. The molecular weight excluding hydrogens is 138 g/mol. The normalized spacial score (nSPS) is 12.5. The van der Waals surface area contributed by atoms with Crippen LogP contribution in [0, 0.1) is 0 Å². The fourth-order valence-electron chi connectivity index (χ4n) is 0.939. The lowest BCUT2D eigenvalue weighted by atomic mass is 10.1. The van der Waals surface area contributed by atoms with Crippen molar-refractivity contribution in [1.82, 2.24) is 5.32 Å². The minimum atomic E-state index is -0.295. The highest BCUT2D eigenvalue weighted by Crippen LogP contribution is 2.07. The summed E-state index contributed by atoms with van der Waals surface area (Å²) in [6.45, 7) is 0. The van der Waals surface area contributed by atoms with Crippen molar-refractivity contribution in [3.05, 3.63) is 35.9 Å². The van der Waals surface area contributed by atoms with Crippen LogP contribution in [0.4, 0.5) is 0 Å². The van der Waals surface area contributed by atoms with Gasteiger partial charge in [0.2, 0.25) is 6.29 Å². The highest BCUT2D eigenvalue weighted by molar-refractivity contribution is 5.61. The molecule has 11 heavy (non-hydrogen) atoms. The van der Waals surface area contributed by atoms with Gasteiger partial charge >= 0.3 is 0 Å². The minimum Gasteiger partial charge on any atom is -0.306 e. The van der Waals surface area contributed by atoms with Crippen LogP contribution in [0.15, 0.2) is 30.3 Å². The van der Waals surface area contributed by atoms with Crippen molar-refractivity contribution in [2.75, 3.05) is 7.05 Å². The summed E-state index contributed by atoms with van der Waals surface area (Å²) in [6, 6.07) is 9.21. The third-order valence-corrected chi connectivity index (χ3v) is 1.54. The van der Waals surface area contributed by atoms with E-state index in [0.717, 1.165) is 5.56 Å². The summed E-state index contributed by atoms with van der Waals surface area (Å²) in [5.41, 5.74) is 0.949. The number of likely N-dealkylation sites (N-methyl/N-ethyl adjacent to an activating group) is 1. The third kappa shape index (κ3) is 1.88. The lowest BCUT2D eigenvalue weighted by Crippen LogP contribution is -2.16. The van der Waals surface area contributed by atoms with E-state index in [1.54, 1.807) is 7.05 Å². The lowest BCUT2D eigenvalue weighted by Gasteiger charge is -2.06. The molecule has 1 radical (unpaired) electrons. The van der Waals surface area contributed by atoms with E-state index < -0.39 is 0 Å². The van der Waals surface area contributed by atoms with Crippen molar-refractivity contribution >= 4 is 6.29 Å². The Morgan fingerprint density at radius 2 is 2.00 bits per heavy atom. The molecule has 0 aliphatic carbocycles. The summed E-state index contributed by atoms with van der Waals surface area (Å²) in [5, 5.41) is 2.84. The summed E-state index contributed by atoms with van der Waals surface area (Å²) in [7, 11) is 1.74. The second-order valence-electron chi connectivity index (χ2n) is 2.25. The molecule has 1 rings (SSSR count). The van der Waals surface area contributed by atoms with Gasteiger partial charge in [-0.1, -0.05) is 30.3 Å². The van der Waals surface area contributed by atoms with Crippen LogP contribution in [-0.4, -0.2) is 13.3 Å². The zero-order valence-electron chi connectivity index (χ0n) is 6.37. The van der Waals surface area contributed by atoms with Gasteiger partial charge in [0.15, 0.2) is 0 Å². The van der Waals surface area contributed by atoms with Crippen molar-refractivity contribution < 1.29 is 4.79 Å². The quantitative estimate of drug-likeness (QED) is 0.694. The molecule has 2 heteroatoms. The topological polar surface area (TPSA) is 29.1 Å². The maximum atomic E-state index is 10.3. The number of hydrogen-bond acceptors (Lipinski definition) is 2. The highest BCUT2D eigenvalue weighted by atomic mass is 16.1. The van der Waals surface area contributed by atoms with E-state index in [2.05, 4.69) is 5.32 Å². The van der Waals surface area contributed by atoms with E-state index in [1.807, 2.05) is 36.6 Å². The van der Waals surface area contributed by atoms with Crippen LogP contribution in [0.1, 0.15) is 11.6 Å². The minimum absolute atomic E-state index is 0.295. The lowest BCUT2D eigenvalue weighted by molar-refractivity contribution is 0.532. The Labute approximate surface area is 66.2 Å². The number of hydrogen-bond donors (Lipinski definition) is 1. The molecule has 0 bridgehead atoms. The van der Waals surface area contributed by atoms with Crippen molar-refractivity contribution in [1.29, 1.82) is 0 Å². The van der Waals surface area contributed by atoms with Crippen LogP contribution < -0.4 is 5.32 Å². The number of nitrogens with one attached hydrogen (secondary N) is 1. The molecule has 0 saturated carbocycles. The van der Waals surface area contributed by atoms with E-state index in [4.69, 9.17) is 0 Å². The van der Waals surface area contributed by atoms with Gasteiger partial charge < -0.3 is 5.32 Å². The van der Waals surface area contributed by atoms with Crippen LogP contribution in [0.25, 0.3) is 0 Å². The first-order chi connectivity index (χ1) is 5.38. The molecule has 1 aromatic rings. The maximum Gasteiger partial charge on any atom is 0.221 e. The average Bonchev–Trinajstić information content (AvgIpc) is 2.09. The largest absolute Gasteiger partial charge is 0.306 e. The van der Waals surface area contributed by atoms with E-state index >= 15 is 0 Å². The Hall–Kier alpha value is -1.15. The highest BCUT2D eigenvalue weighted by Gasteiger charge is 2.05. The van der Waals surface area contributed by atoms with E-state index in [-0.39, 0.29) is 6.04 Å². The molecule has 0 spiro atoms. The second kappa shape index (κ2) is 3.88. The average molecular weight is 148 g/mol. The zero-order chi connectivity index (χ0) is 8.10. The Bertz CT molecular complexity index is 220. The van der Waals surface area contributed by atoms with Gasteiger partial charge in [0, 0.05) is 0 Å². The third-order valence-electron chi connectivity index (χ3n) is 1.54. The number of carbonyl (C=O) groups excluding carboxylic acids is 1. The SMILES string of the molecule is CNC([C]=O)c1ccccc1. The van der Waals surface area contributed by atoms with Crippen molar-refractivity contribution in [2.45, 2.75) is 6.04 Å². The summed E-state index contributed by atoms with van der Waals surface area (Å²) >= 11 is 0. The molecule has 57 valence electrons. The van der Waals surface area contributed by atoms with Gasteiger partial charge in [-0.25, -0.2) is 0 Å². The van der Waals surface area contributed by atoms with Gasteiger partial charge in [0.1, 0.15) is 0 Å². The smallest absolute Gasteiger partial charge is 0.221 e. The molecule has 1 atom stereocenters. The number of benzene rings is 1. The standard InChI is InChI=1S/C9H10NO/c1-10-9(7-11)8-5-3-2-4-6-8/h2-6,9-10H,1H3. The fourth-order valence-corrected chi connectivity index (χ4v) is 0.939. The second-order valence-corrected chi connectivity index (χ2v) is 2.25. The molecule has 2 nitrogen and oxygen atoms in total. The molecule has 1 N–H and O–H groups in total. The first-order valence-corrected chi connectivity index (χ1v) is 3.48. The van der Waals surface area contributed by atoms with Gasteiger partial charge in [-0.15, -0.1) is 0 Å². The van der Waals surface area contributed by atoms with Crippen molar-refractivity contribution in [3.8, 4) is 0 Å². The van der Waals surface area contributed by atoms with Crippen LogP contribution >= 0.6 is 0 Å². The van der Waals surface area contributed by atoms with Crippen LogP contribution in [0.2, 0.25) is 0 Å². The van der Waals surface area contributed by atoms with Crippen LogP contribution in [0.5, 0.6) is 0 Å². The fraction of sp³-hybridized carbons (Fsp3) is 0.222. The van der Waals surface area contributed by atoms with Crippen molar-refractivity contribution in [2.24, 2.45) is 0 Å². The maximum absolute atomic E-state index is 10.3. The molecule has 0 saturated heterocycles. The van der Waals surface area contributed by atoms with Gasteiger partial charge in [0.05, 0.1) is 6.04 Å². The Morgan fingerprint density at radius 1 is 1.36 bits per heavy atom. The summed E-state index contributed by atoms with van der Waals surface area (Å²) in [4.78, 5) is 10.3. The van der Waals surface area contributed by atoms with E-state index in [0.29, 0.717) is 0 Å². The molecule has 0 amide bonds. The molecule has 0 fully saturated rings. The Kier molecular flexibility index (Phi) is 2.81. The molecular formula is C9H10NO. The predicted octanol–water partition coefficient (Wildman–Crippen LogP) is 1.06. The number of rotatable bonds is 3. The summed E-state index contributed by atoms with van der Waals surface area (Å²) < 4.78 is 0. The summed E-state index contributed by atoms with van der Waals surface area (Å²) in [6.07, 6.45) is 1.91. The van der Waals surface area contributed by atoms with Crippen molar-refractivity contribution in [3.63, 3.8) is 0 Å². The zero-order valence-corrected chi connectivity index (χ0v) is 6.37. The van der Waals surface area contributed by atoms with E-state index in [9.17, 15) is 4.79 Å². The van der Waals surface area contributed by atoms with Gasteiger partial charge in [-0.05, 0) is 12.6 Å². The predicted molar refractivity (Wildman–Crippen MR) is 43.9 cm³/mol. The van der Waals surface area contributed by atoms with Crippen LogP contribution in [-0.2, 0) is 4.79 Å². The Morgan fingerprint density at radius 3 is 2.45 bits per heavy atom. The molecule has 0 aliphatic rings. The monoisotopic (exact) mass is 148 g/mol. The molecule has 0 aliphatic heterocycles. The van der Waals surface area contributed by atoms with Gasteiger partial charge in [0.25, 0.3) is 0 Å². The first-order valence-electron chi connectivity index (χ1n) is 3.48. The molecule has 0 heterocycles. The van der Waals surface area contributed by atoms with Crippen LogP contribution in [0.3, 0.4) is 0 Å².